The average molecular weight is 424 g/mol. The first-order valence-electron chi connectivity index (χ1n) is 9.72. The van der Waals surface area contributed by atoms with Crippen LogP contribution in [0.3, 0.4) is 0 Å². The number of fused-ring (bicyclic) bond motifs is 1. The van der Waals surface area contributed by atoms with E-state index in [1.54, 1.807) is 69.3 Å². The number of anilines is 1. The van der Waals surface area contributed by atoms with Gasteiger partial charge in [0.2, 0.25) is 5.91 Å². The molecule has 0 radical (unpaired) electrons. The van der Waals surface area contributed by atoms with Crippen molar-refractivity contribution < 1.29 is 28.7 Å². The number of esters is 1. The number of hydrogen-bond acceptors (Lipinski definition) is 6. The summed E-state index contributed by atoms with van der Waals surface area (Å²) in [6.07, 6.45) is 0. The molecule has 1 aliphatic rings. The number of ether oxygens (including phenoxy) is 2. The minimum Gasteiger partial charge on any atom is -0.497 e. The van der Waals surface area contributed by atoms with E-state index in [9.17, 15) is 19.2 Å². The number of hydrogen-bond donors (Lipinski definition) is 0. The van der Waals surface area contributed by atoms with Gasteiger partial charge >= 0.3 is 5.97 Å². The monoisotopic (exact) mass is 424 g/mol. The molecule has 8 heteroatoms. The van der Waals surface area contributed by atoms with Crippen molar-refractivity contribution in [1.29, 1.82) is 0 Å². The van der Waals surface area contributed by atoms with Crippen LogP contribution in [0.15, 0.2) is 48.5 Å². The highest BCUT2D eigenvalue weighted by Crippen LogP contribution is 2.25. The Kier molecular flexibility index (Phi) is 6.10. The molecule has 1 heterocycles. The maximum atomic E-state index is 13.2. The van der Waals surface area contributed by atoms with Gasteiger partial charge in [-0.15, -0.1) is 0 Å². The molecule has 0 bridgehead atoms. The fourth-order valence-electron chi connectivity index (χ4n) is 3.21. The smallest absolute Gasteiger partial charge is 0.326 e. The van der Waals surface area contributed by atoms with Gasteiger partial charge in [0.1, 0.15) is 24.4 Å². The van der Waals surface area contributed by atoms with Crippen molar-refractivity contribution in [3.8, 4) is 5.75 Å². The second-order valence-corrected chi connectivity index (χ2v) is 8.01. The van der Waals surface area contributed by atoms with Gasteiger partial charge < -0.3 is 9.47 Å². The van der Waals surface area contributed by atoms with E-state index in [2.05, 4.69) is 0 Å². The van der Waals surface area contributed by atoms with Crippen molar-refractivity contribution in [2.24, 2.45) is 0 Å². The predicted molar refractivity (Wildman–Crippen MR) is 113 cm³/mol. The van der Waals surface area contributed by atoms with Gasteiger partial charge in [0, 0.05) is 11.8 Å². The molecule has 0 saturated heterocycles. The lowest BCUT2D eigenvalue weighted by molar-refractivity contribution is -0.153. The molecule has 1 aliphatic heterocycles. The fraction of sp³-hybridized carbons (Fsp3) is 0.304. The van der Waals surface area contributed by atoms with Crippen LogP contribution >= 0.6 is 0 Å². The number of rotatable bonds is 6. The minimum atomic E-state index is -0.733. The summed E-state index contributed by atoms with van der Waals surface area (Å²) in [7, 11) is 1.48. The molecule has 0 aromatic heterocycles. The highest BCUT2D eigenvalue weighted by molar-refractivity contribution is 6.22. The van der Waals surface area contributed by atoms with E-state index in [-0.39, 0.29) is 17.7 Å². The van der Waals surface area contributed by atoms with Crippen LogP contribution in [-0.4, -0.2) is 54.4 Å². The van der Waals surface area contributed by atoms with Crippen molar-refractivity contribution in [1.82, 2.24) is 4.90 Å². The lowest BCUT2D eigenvalue weighted by Crippen LogP contribution is -2.45. The first-order valence-corrected chi connectivity index (χ1v) is 9.72. The maximum absolute atomic E-state index is 13.2. The Morgan fingerprint density at radius 2 is 1.58 bits per heavy atom. The molecule has 2 aromatic rings. The summed E-state index contributed by atoms with van der Waals surface area (Å²) in [5.74, 6) is -1.83. The average Bonchev–Trinajstić information content (AvgIpc) is 2.96. The summed E-state index contributed by atoms with van der Waals surface area (Å²) in [5.41, 5.74) is 0.149. The van der Waals surface area contributed by atoms with Crippen LogP contribution in [0.25, 0.3) is 0 Å². The summed E-state index contributed by atoms with van der Waals surface area (Å²) in [6, 6.07) is 13.0. The first kappa shape index (κ1) is 22.0. The molecule has 0 spiro atoms. The number of methoxy groups -OCH3 is 1. The zero-order valence-corrected chi connectivity index (χ0v) is 17.9. The number of carbonyl (C=O) groups is 4. The Morgan fingerprint density at radius 1 is 0.968 bits per heavy atom. The lowest BCUT2D eigenvalue weighted by Gasteiger charge is -2.26. The molecule has 0 aliphatic carbocycles. The van der Waals surface area contributed by atoms with Crippen molar-refractivity contribution in [3.05, 3.63) is 59.7 Å². The second-order valence-electron chi connectivity index (χ2n) is 8.01. The molecule has 8 nitrogen and oxygen atoms in total. The molecule has 0 fully saturated rings. The molecule has 31 heavy (non-hydrogen) atoms. The molecule has 162 valence electrons. The van der Waals surface area contributed by atoms with Gasteiger partial charge in [0.25, 0.3) is 11.8 Å². The van der Waals surface area contributed by atoms with Gasteiger partial charge in [-0.25, -0.2) is 0 Å². The van der Waals surface area contributed by atoms with Crippen molar-refractivity contribution >= 4 is 29.4 Å². The Hall–Kier alpha value is -3.68. The fourth-order valence-corrected chi connectivity index (χ4v) is 3.21. The van der Waals surface area contributed by atoms with E-state index in [1.807, 2.05) is 0 Å². The van der Waals surface area contributed by atoms with Crippen molar-refractivity contribution in [2.45, 2.75) is 26.4 Å². The summed E-state index contributed by atoms with van der Waals surface area (Å²) in [5, 5.41) is 0. The normalized spacial score (nSPS) is 13.1. The summed E-state index contributed by atoms with van der Waals surface area (Å²) >= 11 is 0. The van der Waals surface area contributed by atoms with Crippen molar-refractivity contribution in [2.75, 3.05) is 25.1 Å². The quantitative estimate of drug-likeness (QED) is 0.523. The summed E-state index contributed by atoms with van der Waals surface area (Å²) < 4.78 is 10.6. The van der Waals surface area contributed by atoms with Gasteiger partial charge in [-0.2, -0.15) is 0 Å². The summed E-state index contributed by atoms with van der Waals surface area (Å²) in [4.78, 5) is 53.0. The van der Waals surface area contributed by atoms with Gasteiger partial charge in [0.05, 0.1) is 18.2 Å². The summed E-state index contributed by atoms with van der Waals surface area (Å²) in [6.45, 7) is 4.28. The van der Waals surface area contributed by atoms with Crippen LogP contribution in [0.4, 0.5) is 5.69 Å². The van der Waals surface area contributed by atoms with Crippen LogP contribution in [0.5, 0.6) is 5.75 Å². The van der Waals surface area contributed by atoms with Crippen LogP contribution in [0.1, 0.15) is 41.5 Å². The molecule has 2 aromatic carbocycles. The number of carbonyl (C=O) groups excluding carboxylic acids is 4. The topological polar surface area (TPSA) is 93.2 Å². The van der Waals surface area contributed by atoms with E-state index in [1.165, 1.54) is 12.0 Å². The number of imide groups is 1. The molecule has 0 N–H and O–H groups in total. The number of nitrogens with zero attached hydrogens (tertiary/aromatic N) is 2. The molecule has 3 amide bonds. The third-order valence-corrected chi connectivity index (χ3v) is 4.54. The van der Waals surface area contributed by atoms with E-state index < -0.39 is 35.8 Å². The predicted octanol–water partition coefficient (Wildman–Crippen LogP) is 2.67. The molecule has 3 rings (SSSR count). The largest absolute Gasteiger partial charge is 0.497 e. The third-order valence-electron chi connectivity index (χ3n) is 4.54. The first-order chi connectivity index (χ1) is 14.6. The molecule has 0 atom stereocenters. The zero-order valence-electron chi connectivity index (χ0n) is 17.9. The molecule has 0 unspecified atom stereocenters. The Bertz CT molecular complexity index is 1010. The van der Waals surface area contributed by atoms with E-state index in [0.717, 1.165) is 4.90 Å². The highest BCUT2D eigenvalue weighted by Gasteiger charge is 2.37. The van der Waals surface area contributed by atoms with Crippen LogP contribution in [0.2, 0.25) is 0 Å². The molecular formula is C23H24N2O6. The van der Waals surface area contributed by atoms with E-state index >= 15 is 0 Å². The lowest BCUT2D eigenvalue weighted by atomic mass is 10.1. The number of benzene rings is 2. The van der Waals surface area contributed by atoms with Crippen LogP contribution in [-0.2, 0) is 14.3 Å². The standard InChI is InChI=1S/C23H24N2O6/c1-23(2,3)31-20(27)14-24(15-8-7-9-16(12-15)30-4)19(26)13-25-21(28)17-10-5-6-11-18(17)22(25)29/h5-12H,13-14H2,1-4H3. The van der Waals surface area contributed by atoms with Gasteiger partial charge in [-0.3, -0.25) is 29.0 Å². The zero-order chi connectivity index (χ0) is 22.8. The van der Waals surface area contributed by atoms with Crippen molar-refractivity contribution in [3.63, 3.8) is 0 Å². The van der Waals surface area contributed by atoms with E-state index in [4.69, 9.17) is 9.47 Å². The van der Waals surface area contributed by atoms with Gasteiger partial charge in [-0.05, 0) is 45.0 Å². The minimum absolute atomic E-state index is 0.250. The maximum Gasteiger partial charge on any atom is 0.326 e. The Labute approximate surface area is 180 Å². The Morgan fingerprint density at radius 3 is 2.13 bits per heavy atom. The second kappa shape index (κ2) is 8.59. The third kappa shape index (κ3) is 4.91. The van der Waals surface area contributed by atoms with Crippen LogP contribution < -0.4 is 9.64 Å². The van der Waals surface area contributed by atoms with E-state index in [0.29, 0.717) is 11.4 Å². The SMILES string of the molecule is COc1cccc(N(CC(=O)OC(C)(C)C)C(=O)CN2C(=O)c3ccccc3C2=O)c1. The number of amides is 3. The molecule has 0 saturated carbocycles. The van der Waals surface area contributed by atoms with Gasteiger partial charge in [0.15, 0.2) is 0 Å². The van der Waals surface area contributed by atoms with Gasteiger partial charge in [-0.1, -0.05) is 18.2 Å². The molecular weight excluding hydrogens is 400 g/mol. The highest BCUT2D eigenvalue weighted by atomic mass is 16.6. The van der Waals surface area contributed by atoms with Crippen LogP contribution in [0, 0.1) is 0 Å². The Balaban J connectivity index is 1.86.